The third kappa shape index (κ3) is 2.19. The second-order valence-corrected chi connectivity index (χ2v) is 5.31. The molecule has 0 radical (unpaired) electrons. The number of aliphatic carboxylic acids is 1. The number of hydrogen-bond donors (Lipinski definition) is 1. The molecule has 18 heavy (non-hydrogen) atoms. The van der Waals surface area contributed by atoms with Gasteiger partial charge in [-0.15, -0.1) is 0 Å². The lowest BCUT2D eigenvalue weighted by molar-refractivity contribution is -0.144. The monoisotopic (exact) mass is 251 g/mol. The van der Waals surface area contributed by atoms with Crippen LogP contribution in [0.2, 0.25) is 0 Å². The van der Waals surface area contributed by atoms with Gasteiger partial charge in [0.15, 0.2) is 0 Å². The Balaban J connectivity index is 2.32. The van der Waals surface area contributed by atoms with E-state index in [-0.39, 0.29) is 5.82 Å². The van der Waals surface area contributed by atoms with Crippen molar-refractivity contribution in [3.63, 3.8) is 0 Å². The van der Waals surface area contributed by atoms with Crippen LogP contribution in [0.5, 0.6) is 0 Å². The maximum absolute atomic E-state index is 12.9. The van der Waals surface area contributed by atoms with Crippen LogP contribution in [0.15, 0.2) is 24.3 Å². The molecule has 0 saturated carbocycles. The van der Waals surface area contributed by atoms with Crippen LogP contribution < -0.4 is 4.90 Å². The second-order valence-electron chi connectivity index (χ2n) is 5.31. The van der Waals surface area contributed by atoms with Crippen molar-refractivity contribution in [2.75, 3.05) is 11.4 Å². The summed E-state index contributed by atoms with van der Waals surface area (Å²) in [5.41, 5.74) is 0.425. The highest BCUT2D eigenvalue weighted by atomic mass is 19.1. The molecular weight excluding hydrogens is 233 g/mol. The third-order valence-electron chi connectivity index (χ3n) is 3.86. The lowest BCUT2D eigenvalue weighted by atomic mass is 9.78. The molecule has 0 amide bonds. The third-order valence-corrected chi connectivity index (χ3v) is 3.86. The quantitative estimate of drug-likeness (QED) is 0.878. The van der Waals surface area contributed by atoms with E-state index in [1.54, 1.807) is 12.1 Å². The number of anilines is 1. The number of rotatable bonds is 2. The van der Waals surface area contributed by atoms with Gasteiger partial charge >= 0.3 is 5.97 Å². The molecular formula is C14H18FNO2. The van der Waals surface area contributed by atoms with Gasteiger partial charge in [-0.2, -0.15) is 0 Å². The molecule has 1 aromatic carbocycles. The summed E-state index contributed by atoms with van der Waals surface area (Å²) in [6.07, 6.45) is 1.54. The van der Waals surface area contributed by atoms with Crippen molar-refractivity contribution >= 4 is 11.7 Å². The average Bonchev–Trinajstić information content (AvgIpc) is 2.29. The zero-order valence-corrected chi connectivity index (χ0v) is 10.7. The second kappa shape index (κ2) is 4.59. The van der Waals surface area contributed by atoms with Gasteiger partial charge in [-0.25, -0.2) is 4.39 Å². The summed E-state index contributed by atoms with van der Waals surface area (Å²) >= 11 is 0. The fourth-order valence-electron chi connectivity index (χ4n) is 2.79. The summed E-state index contributed by atoms with van der Waals surface area (Å²) in [5.74, 6) is -1.42. The Hall–Kier alpha value is -1.58. The molecule has 0 aliphatic carbocycles. The van der Waals surface area contributed by atoms with Gasteiger partial charge in [0, 0.05) is 17.8 Å². The minimum absolute atomic E-state index is 0.275. The number of hydrogen-bond acceptors (Lipinski definition) is 2. The maximum atomic E-state index is 12.9. The summed E-state index contributed by atoms with van der Waals surface area (Å²) < 4.78 is 12.9. The van der Waals surface area contributed by atoms with Crippen molar-refractivity contribution < 1.29 is 14.3 Å². The van der Waals surface area contributed by atoms with E-state index in [2.05, 4.69) is 4.90 Å². The first-order valence-corrected chi connectivity index (χ1v) is 6.19. The van der Waals surface area contributed by atoms with Gasteiger partial charge in [0.25, 0.3) is 0 Å². The van der Waals surface area contributed by atoms with Crippen molar-refractivity contribution in [1.82, 2.24) is 0 Å². The van der Waals surface area contributed by atoms with Crippen LogP contribution in [0, 0.1) is 11.7 Å². The molecule has 1 N–H and O–H groups in total. The number of carbonyl (C=O) groups is 1. The number of carboxylic acids is 1. The molecule has 1 saturated heterocycles. The molecule has 4 heteroatoms. The maximum Gasteiger partial charge on any atom is 0.308 e. The molecule has 1 heterocycles. The predicted octanol–water partition coefficient (Wildman–Crippen LogP) is 2.91. The molecule has 1 atom stereocenters. The van der Waals surface area contributed by atoms with Crippen LogP contribution in [0.3, 0.4) is 0 Å². The van der Waals surface area contributed by atoms with E-state index < -0.39 is 17.4 Å². The number of halogens is 1. The number of piperidine rings is 1. The van der Waals surface area contributed by atoms with Crippen molar-refractivity contribution in [3.05, 3.63) is 30.1 Å². The first-order chi connectivity index (χ1) is 8.43. The van der Waals surface area contributed by atoms with Crippen LogP contribution >= 0.6 is 0 Å². The normalized spacial score (nSPS) is 22.8. The molecule has 0 aromatic heterocycles. The highest BCUT2D eigenvalue weighted by Gasteiger charge is 2.42. The number of benzene rings is 1. The minimum Gasteiger partial charge on any atom is -0.481 e. The van der Waals surface area contributed by atoms with Gasteiger partial charge in [0.1, 0.15) is 5.82 Å². The topological polar surface area (TPSA) is 40.5 Å². The fraction of sp³-hybridized carbons (Fsp3) is 0.500. The first-order valence-electron chi connectivity index (χ1n) is 6.19. The van der Waals surface area contributed by atoms with Gasteiger partial charge < -0.3 is 10.0 Å². The van der Waals surface area contributed by atoms with Gasteiger partial charge in [0.05, 0.1) is 5.92 Å². The standard InChI is InChI=1S/C14H18FNO2/c1-14(2)12(13(17)18)4-3-9-16(14)11-7-5-10(15)6-8-11/h5-8,12H,3-4,9H2,1-2H3,(H,17,18). The summed E-state index contributed by atoms with van der Waals surface area (Å²) in [6, 6.07) is 6.24. The highest BCUT2D eigenvalue weighted by Crippen LogP contribution is 2.37. The molecule has 1 aliphatic heterocycles. The zero-order valence-electron chi connectivity index (χ0n) is 10.7. The van der Waals surface area contributed by atoms with Gasteiger partial charge in [-0.05, 0) is 51.0 Å². The van der Waals surface area contributed by atoms with Crippen LogP contribution in [-0.2, 0) is 4.79 Å². The summed E-state index contributed by atoms with van der Waals surface area (Å²) in [7, 11) is 0. The van der Waals surface area contributed by atoms with Crippen molar-refractivity contribution in [1.29, 1.82) is 0 Å². The zero-order chi connectivity index (χ0) is 13.3. The van der Waals surface area contributed by atoms with E-state index >= 15 is 0 Å². The molecule has 0 bridgehead atoms. The Morgan fingerprint density at radius 2 is 2.00 bits per heavy atom. The van der Waals surface area contributed by atoms with E-state index in [4.69, 9.17) is 0 Å². The Kier molecular flexibility index (Phi) is 3.28. The molecule has 98 valence electrons. The lowest BCUT2D eigenvalue weighted by Gasteiger charge is -2.47. The lowest BCUT2D eigenvalue weighted by Crippen LogP contribution is -2.55. The van der Waals surface area contributed by atoms with Gasteiger partial charge in [-0.3, -0.25) is 4.79 Å². The molecule has 1 unspecified atom stereocenters. The van der Waals surface area contributed by atoms with E-state index in [0.717, 1.165) is 18.7 Å². The fourth-order valence-corrected chi connectivity index (χ4v) is 2.79. The largest absolute Gasteiger partial charge is 0.481 e. The average molecular weight is 251 g/mol. The Morgan fingerprint density at radius 3 is 2.56 bits per heavy atom. The minimum atomic E-state index is -0.758. The van der Waals surface area contributed by atoms with Crippen molar-refractivity contribution in [2.24, 2.45) is 5.92 Å². The van der Waals surface area contributed by atoms with Crippen LogP contribution in [0.1, 0.15) is 26.7 Å². The Labute approximate surface area is 106 Å². The van der Waals surface area contributed by atoms with Gasteiger partial charge in [0.2, 0.25) is 0 Å². The van der Waals surface area contributed by atoms with E-state index in [1.165, 1.54) is 12.1 Å². The molecule has 1 aromatic rings. The smallest absolute Gasteiger partial charge is 0.308 e. The van der Waals surface area contributed by atoms with Crippen molar-refractivity contribution in [3.8, 4) is 0 Å². The Morgan fingerprint density at radius 1 is 1.39 bits per heavy atom. The SMILES string of the molecule is CC1(C)C(C(=O)O)CCCN1c1ccc(F)cc1. The van der Waals surface area contributed by atoms with Crippen molar-refractivity contribution in [2.45, 2.75) is 32.2 Å². The number of carboxylic acid groups (broad SMARTS) is 1. The van der Waals surface area contributed by atoms with E-state index in [9.17, 15) is 14.3 Å². The Bertz CT molecular complexity index is 442. The van der Waals surface area contributed by atoms with Gasteiger partial charge in [-0.1, -0.05) is 0 Å². The summed E-state index contributed by atoms with van der Waals surface area (Å²) in [6.45, 7) is 4.69. The predicted molar refractivity (Wildman–Crippen MR) is 68.2 cm³/mol. The molecule has 2 rings (SSSR count). The molecule has 3 nitrogen and oxygen atoms in total. The van der Waals surface area contributed by atoms with Crippen LogP contribution in [0.25, 0.3) is 0 Å². The van der Waals surface area contributed by atoms with E-state index in [1.807, 2.05) is 13.8 Å². The first kappa shape index (κ1) is 12.9. The van der Waals surface area contributed by atoms with Crippen LogP contribution in [0.4, 0.5) is 10.1 Å². The molecule has 0 spiro atoms. The molecule has 1 aliphatic rings. The van der Waals surface area contributed by atoms with Crippen LogP contribution in [-0.4, -0.2) is 23.2 Å². The summed E-state index contributed by atoms with van der Waals surface area (Å²) in [4.78, 5) is 13.4. The summed E-state index contributed by atoms with van der Waals surface area (Å²) in [5, 5.41) is 9.30. The molecule has 1 fully saturated rings. The number of nitrogens with zero attached hydrogens (tertiary/aromatic N) is 1. The van der Waals surface area contributed by atoms with E-state index in [0.29, 0.717) is 6.42 Å². The highest BCUT2D eigenvalue weighted by molar-refractivity contribution is 5.73.